The highest BCUT2D eigenvalue weighted by atomic mass is 15.4. The van der Waals surface area contributed by atoms with Gasteiger partial charge < -0.3 is 9.80 Å². The van der Waals surface area contributed by atoms with Crippen molar-refractivity contribution in [3.8, 4) is 0 Å². The molecule has 0 bridgehead atoms. The molecule has 0 radical (unpaired) electrons. The Kier molecular flexibility index (Phi) is 7.35. The molecule has 2 rings (SSSR count). The van der Waals surface area contributed by atoms with Crippen molar-refractivity contribution in [3.63, 3.8) is 0 Å². The van der Waals surface area contributed by atoms with Crippen LogP contribution in [0.15, 0.2) is 42.7 Å². The maximum absolute atomic E-state index is 2.51. The molecule has 0 saturated heterocycles. The molecule has 0 aliphatic carbocycles. The van der Waals surface area contributed by atoms with Gasteiger partial charge in [-0.3, -0.25) is 0 Å². The van der Waals surface area contributed by atoms with Gasteiger partial charge in [-0.15, -0.1) is 0 Å². The normalized spacial score (nSPS) is 17.5. The minimum atomic E-state index is 0.508. The second-order valence-electron chi connectivity index (χ2n) is 6.32. The van der Waals surface area contributed by atoms with Crippen LogP contribution in [0.2, 0.25) is 0 Å². The van der Waals surface area contributed by atoms with Gasteiger partial charge in [-0.2, -0.15) is 0 Å². The lowest BCUT2D eigenvalue weighted by Gasteiger charge is -2.33. The third-order valence-electron chi connectivity index (χ3n) is 4.47. The van der Waals surface area contributed by atoms with Crippen LogP contribution in [0.1, 0.15) is 65.2 Å². The number of para-hydroxylation sites is 1. The van der Waals surface area contributed by atoms with Crippen molar-refractivity contribution in [1.29, 1.82) is 0 Å². The quantitative estimate of drug-likeness (QED) is 0.506. The highest BCUT2D eigenvalue weighted by molar-refractivity contribution is 5.51. The van der Waals surface area contributed by atoms with Crippen molar-refractivity contribution in [2.24, 2.45) is 0 Å². The fraction of sp³-hybridized carbons (Fsp3) is 0.600. The lowest BCUT2D eigenvalue weighted by atomic mass is 10.1. The summed E-state index contributed by atoms with van der Waals surface area (Å²) in [7, 11) is 0. The van der Waals surface area contributed by atoms with E-state index in [1.807, 2.05) is 0 Å². The van der Waals surface area contributed by atoms with Crippen LogP contribution in [-0.4, -0.2) is 17.6 Å². The minimum Gasteiger partial charge on any atom is -0.356 e. The van der Waals surface area contributed by atoms with Crippen LogP contribution in [0.25, 0.3) is 0 Å². The fourth-order valence-electron chi connectivity index (χ4n) is 3.27. The number of hydrogen-bond donors (Lipinski definition) is 0. The Labute approximate surface area is 136 Å². The van der Waals surface area contributed by atoms with Crippen LogP contribution in [0, 0.1) is 0 Å². The molecule has 1 unspecified atom stereocenters. The lowest BCUT2D eigenvalue weighted by molar-refractivity contribution is 0.279. The Morgan fingerprint density at radius 2 is 1.55 bits per heavy atom. The maximum atomic E-state index is 2.51. The molecule has 1 aliphatic heterocycles. The third kappa shape index (κ3) is 4.79. The largest absolute Gasteiger partial charge is 0.356 e. The molecule has 0 spiro atoms. The van der Waals surface area contributed by atoms with Gasteiger partial charge in [0.2, 0.25) is 0 Å². The first kappa shape index (κ1) is 16.9. The molecule has 0 aromatic heterocycles. The van der Waals surface area contributed by atoms with Crippen LogP contribution in [0.3, 0.4) is 0 Å². The Morgan fingerprint density at radius 1 is 0.818 bits per heavy atom. The Balaban J connectivity index is 1.88. The Hall–Kier alpha value is -1.44. The van der Waals surface area contributed by atoms with Crippen molar-refractivity contribution in [2.45, 2.75) is 71.4 Å². The van der Waals surface area contributed by atoms with Crippen LogP contribution >= 0.6 is 0 Å². The zero-order valence-electron chi connectivity index (χ0n) is 14.4. The molecule has 1 aromatic carbocycles. The molecule has 0 saturated carbocycles. The molecular weight excluding hydrogens is 268 g/mol. The summed E-state index contributed by atoms with van der Waals surface area (Å²) in [6, 6.07) is 10.8. The lowest BCUT2D eigenvalue weighted by Crippen LogP contribution is -2.39. The second kappa shape index (κ2) is 9.55. The molecule has 22 heavy (non-hydrogen) atoms. The monoisotopic (exact) mass is 300 g/mol. The van der Waals surface area contributed by atoms with Crippen molar-refractivity contribution >= 4 is 5.69 Å². The predicted octanol–water partition coefficient (Wildman–Crippen LogP) is 5.77. The van der Waals surface area contributed by atoms with E-state index in [2.05, 4.69) is 66.4 Å². The van der Waals surface area contributed by atoms with Crippen molar-refractivity contribution in [1.82, 2.24) is 4.90 Å². The fourth-order valence-corrected chi connectivity index (χ4v) is 3.27. The van der Waals surface area contributed by atoms with Gasteiger partial charge in [-0.05, 0) is 31.4 Å². The number of nitrogens with zero attached hydrogens (tertiary/aromatic N) is 2. The number of rotatable bonds is 10. The van der Waals surface area contributed by atoms with E-state index in [-0.39, 0.29) is 0 Å². The van der Waals surface area contributed by atoms with Gasteiger partial charge in [0.05, 0.1) is 0 Å². The number of unbranched alkanes of at least 4 members (excludes halogenated alkanes) is 5. The van der Waals surface area contributed by atoms with E-state index < -0.39 is 0 Å². The first-order valence-corrected chi connectivity index (χ1v) is 9.14. The van der Waals surface area contributed by atoms with Gasteiger partial charge in [0.15, 0.2) is 0 Å². The van der Waals surface area contributed by atoms with Crippen LogP contribution in [0.4, 0.5) is 5.69 Å². The molecule has 2 nitrogen and oxygen atoms in total. The molecule has 0 fully saturated rings. The van der Waals surface area contributed by atoms with Gasteiger partial charge in [-0.1, -0.05) is 64.2 Å². The number of benzene rings is 1. The van der Waals surface area contributed by atoms with Gasteiger partial charge in [0.1, 0.15) is 6.17 Å². The maximum Gasteiger partial charge on any atom is 0.105 e. The Morgan fingerprint density at radius 3 is 2.27 bits per heavy atom. The van der Waals surface area contributed by atoms with Crippen LogP contribution in [-0.2, 0) is 0 Å². The summed E-state index contributed by atoms with van der Waals surface area (Å²) >= 11 is 0. The molecule has 0 amide bonds. The van der Waals surface area contributed by atoms with E-state index in [9.17, 15) is 0 Å². The zero-order valence-corrected chi connectivity index (χ0v) is 14.4. The van der Waals surface area contributed by atoms with E-state index in [1.165, 1.54) is 57.1 Å². The molecule has 1 aromatic rings. The van der Waals surface area contributed by atoms with E-state index in [4.69, 9.17) is 0 Å². The summed E-state index contributed by atoms with van der Waals surface area (Å²) in [6.45, 7) is 5.70. The van der Waals surface area contributed by atoms with Crippen molar-refractivity contribution < 1.29 is 0 Å². The predicted molar refractivity (Wildman–Crippen MR) is 96.8 cm³/mol. The van der Waals surface area contributed by atoms with Gasteiger partial charge in [0, 0.05) is 24.6 Å². The van der Waals surface area contributed by atoms with Crippen molar-refractivity contribution in [2.75, 3.05) is 11.4 Å². The first-order valence-electron chi connectivity index (χ1n) is 9.14. The molecule has 1 atom stereocenters. The minimum absolute atomic E-state index is 0.508. The second-order valence-corrected chi connectivity index (χ2v) is 6.32. The summed E-state index contributed by atoms with van der Waals surface area (Å²) in [4.78, 5) is 4.96. The smallest absolute Gasteiger partial charge is 0.105 e. The van der Waals surface area contributed by atoms with E-state index >= 15 is 0 Å². The van der Waals surface area contributed by atoms with E-state index in [0.29, 0.717) is 6.17 Å². The number of hydrogen-bond acceptors (Lipinski definition) is 2. The standard InChI is InChI=1S/C20H32N2/c1-3-5-6-7-8-12-15-20-21(16-4-2)17-18-22(20)19-13-10-9-11-14-19/h9-11,13-14,17-18,20H,3-8,12,15-16H2,1-2H3. The average molecular weight is 300 g/mol. The van der Waals surface area contributed by atoms with Crippen LogP contribution in [0.5, 0.6) is 0 Å². The summed E-state index contributed by atoms with van der Waals surface area (Å²) in [6.07, 6.45) is 15.7. The van der Waals surface area contributed by atoms with Gasteiger partial charge in [-0.25, -0.2) is 0 Å². The summed E-state index contributed by atoms with van der Waals surface area (Å²) in [5, 5.41) is 0. The van der Waals surface area contributed by atoms with Gasteiger partial charge in [0.25, 0.3) is 0 Å². The summed E-state index contributed by atoms with van der Waals surface area (Å²) in [5.74, 6) is 0. The summed E-state index contributed by atoms with van der Waals surface area (Å²) < 4.78 is 0. The third-order valence-corrected chi connectivity index (χ3v) is 4.47. The van der Waals surface area contributed by atoms with Crippen LogP contribution < -0.4 is 4.90 Å². The summed E-state index contributed by atoms with van der Waals surface area (Å²) in [5.41, 5.74) is 1.31. The molecule has 122 valence electrons. The molecule has 1 heterocycles. The molecular formula is C20H32N2. The molecule has 2 heteroatoms. The molecule has 0 N–H and O–H groups in total. The van der Waals surface area contributed by atoms with Gasteiger partial charge >= 0.3 is 0 Å². The highest BCUT2D eigenvalue weighted by Crippen LogP contribution is 2.27. The number of anilines is 1. The Bertz CT molecular complexity index is 427. The van der Waals surface area contributed by atoms with Crippen molar-refractivity contribution in [3.05, 3.63) is 42.7 Å². The van der Waals surface area contributed by atoms with E-state index in [1.54, 1.807) is 0 Å². The van der Waals surface area contributed by atoms with E-state index in [0.717, 1.165) is 6.54 Å². The first-order chi connectivity index (χ1) is 10.9. The average Bonchev–Trinajstić information content (AvgIpc) is 2.95. The topological polar surface area (TPSA) is 6.48 Å². The zero-order chi connectivity index (χ0) is 15.6. The SMILES string of the molecule is CCCCCCCCC1N(CCC)C=CN1c1ccccc1. The molecule has 1 aliphatic rings. The highest BCUT2D eigenvalue weighted by Gasteiger charge is 2.25.